The molecule has 0 aliphatic heterocycles. The summed E-state index contributed by atoms with van der Waals surface area (Å²) in [7, 11) is 0. The van der Waals surface area contributed by atoms with E-state index in [1.807, 2.05) is 0 Å². The highest BCUT2D eigenvalue weighted by atomic mass is 19.1. The molecule has 0 fully saturated rings. The number of allylic oxidation sites excluding steroid dienone is 1. The van der Waals surface area contributed by atoms with E-state index >= 15 is 0 Å². The minimum absolute atomic E-state index is 0.00750. The topological polar surface area (TPSA) is 46.2 Å². The maximum atomic E-state index is 12.6. The molecule has 0 aliphatic carbocycles. The molecule has 1 atom stereocenters. The van der Waals surface area contributed by atoms with E-state index in [4.69, 9.17) is 10.8 Å². The minimum atomic E-state index is -0.271. The summed E-state index contributed by atoms with van der Waals surface area (Å²) in [6.45, 7) is 3.82. The van der Waals surface area contributed by atoms with Gasteiger partial charge in [-0.05, 0) is 24.2 Å². The maximum Gasteiger partial charge on any atom is 0.123 e. The highest BCUT2D eigenvalue weighted by Gasteiger charge is 2.10. The summed E-state index contributed by atoms with van der Waals surface area (Å²) >= 11 is 0. The average Bonchev–Trinajstić information content (AvgIpc) is 2.15. The number of aliphatic hydroxyl groups is 1. The van der Waals surface area contributed by atoms with Gasteiger partial charge in [-0.3, -0.25) is 0 Å². The van der Waals surface area contributed by atoms with Crippen molar-refractivity contribution >= 4 is 0 Å². The Kier molecular flexibility index (Phi) is 3.65. The van der Waals surface area contributed by atoms with Gasteiger partial charge in [-0.15, -0.1) is 0 Å². The molecule has 3 heteroatoms. The van der Waals surface area contributed by atoms with Crippen LogP contribution in [-0.4, -0.2) is 11.7 Å². The van der Waals surface area contributed by atoms with Gasteiger partial charge in [0.15, 0.2) is 0 Å². The summed E-state index contributed by atoms with van der Waals surface area (Å²) < 4.78 is 12.6. The maximum absolute atomic E-state index is 12.6. The number of halogens is 1. The molecule has 0 spiro atoms. The Morgan fingerprint density at radius 1 is 1.43 bits per heavy atom. The van der Waals surface area contributed by atoms with Gasteiger partial charge in [0, 0.05) is 12.3 Å². The molecule has 0 aliphatic rings. The molecule has 0 heterocycles. The van der Waals surface area contributed by atoms with E-state index in [1.165, 1.54) is 12.1 Å². The lowest BCUT2D eigenvalue weighted by atomic mass is 9.95. The monoisotopic (exact) mass is 195 g/mol. The van der Waals surface area contributed by atoms with E-state index < -0.39 is 0 Å². The van der Waals surface area contributed by atoms with Crippen molar-refractivity contribution in [3.8, 4) is 0 Å². The number of rotatable bonds is 4. The zero-order valence-electron chi connectivity index (χ0n) is 7.91. The standard InChI is InChI=1S/C11H14FNO/c1-8(14)6-10(7-13)9-2-4-11(12)5-3-9/h2-5,10,14H,1,6-7,13H2. The first-order chi connectivity index (χ1) is 6.63. The Morgan fingerprint density at radius 3 is 2.43 bits per heavy atom. The van der Waals surface area contributed by atoms with Gasteiger partial charge in [0.1, 0.15) is 5.82 Å². The van der Waals surface area contributed by atoms with E-state index in [9.17, 15) is 4.39 Å². The van der Waals surface area contributed by atoms with Gasteiger partial charge >= 0.3 is 0 Å². The SMILES string of the molecule is C=C(O)CC(CN)c1ccc(F)cc1. The molecule has 0 bridgehead atoms. The van der Waals surface area contributed by atoms with Crippen LogP contribution >= 0.6 is 0 Å². The number of nitrogens with two attached hydrogens (primary N) is 1. The van der Waals surface area contributed by atoms with Gasteiger partial charge in [-0.2, -0.15) is 0 Å². The summed E-state index contributed by atoms with van der Waals surface area (Å²) in [5.74, 6) is -0.162. The highest BCUT2D eigenvalue weighted by molar-refractivity contribution is 5.21. The number of aliphatic hydroxyl groups excluding tert-OH is 1. The van der Waals surface area contributed by atoms with Crippen molar-refractivity contribution < 1.29 is 9.50 Å². The molecular weight excluding hydrogens is 181 g/mol. The molecule has 2 nitrogen and oxygen atoms in total. The second-order valence-electron chi connectivity index (χ2n) is 3.25. The smallest absolute Gasteiger partial charge is 0.123 e. The van der Waals surface area contributed by atoms with Gasteiger partial charge < -0.3 is 10.8 Å². The van der Waals surface area contributed by atoms with E-state index in [2.05, 4.69) is 6.58 Å². The zero-order chi connectivity index (χ0) is 10.6. The minimum Gasteiger partial charge on any atom is -0.513 e. The van der Waals surface area contributed by atoms with Crippen LogP contribution in [0.15, 0.2) is 36.6 Å². The summed E-state index contributed by atoms with van der Waals surface area (Å²) in [6.07, 6.45) is 0.419. The molecule has 1 rings (SSSR count). The second-order valence-corrected chi connectivity index (χ2v) is 3.25. The molecule has 0 saturated carbocycles. The summed E-state index contributed by atoms with van der Waals surface area (Å²) in [5, 5.41) is 9.05. The predicted octanol–water partition coefficient (Wildman–Crippen LogP) is 2.33. The predicted molar refractivity (Wildman–Crippen MR) is 54.6 cm³/mol. The van der Waals surface area contributed by atoms with Gasteiger partial charge in [-0.25, -0.2) is 4.39 Å². The third-order valence-electron chi connectivity index (χ3n) is 2.11. The van der Waals surface area contributed by atoms with Gasteiger partial charge in [0.2, 0.25) is 0 Å². The van der Waals surface area contributed by atoms with Crippen LogP contribution in [0, 0.1) is 5.82 Å². The lowest BCUT2D eigenvalue weighted by Gasteiger charge is -2.13. The lowest BCUT2D eigenvalue weighted by Crippen LogP contribution is -2.13. The molecule has 0 saturated heterocycles. The molecule has 1 aromatic carbocycles. The summed E-state index contributed by atoms with van der Waals surface area (Å²) in [4.78, 5) is 0. The Hall–Kier alpha value is -1.35. The van der Waals surface area contributed by atoms with Crippen LogP contribution in [0.1, 0.15) is 17.9 Å². The Bertz CT molecular complexity index is 308. The van der Waals surface area contributed by atoms with E-state index in [0.29, 0.717) is 13.0 Å². The van der Waals surface area contributed by atoms with Crippen molar-refractivity contribution in [3.05, 3.63) is 48.0 Å². The average molecular weight is 195 g/mol. The van der Waals surface area contributed by atoms with Crippen LogP contribution < -0.4 is 5.73 Å². The largest absolute Gasteiger partial charge is 0.513 e. The van der Waals surface area contributed by atoms with Crippen molar-refractivity contribution in [2.75, 3.05) is 6.54 Å². The Labute approximate surface area is 82.9 Å². The second kappa shape index (κ2) is 4.77. The van der Waals surface area contributed by atoms with Crippen LogP contribution in [0.3, 0.4) is 0 Å². The van der Waals surface area contributed by atoms with Gasteiger partial charge in [-0.1, -0.05) is 18.7 Å². The number of benzene rings is 1. The first-order valence-corrected chi connectivity index (χ1v) is 4.45. The number of hydrogen-bond donors (Lipinski definition) is 2. The van der Waals surface area contributed by atoms with Crippen molar-refractivity contribution in [2.45, 2.75) is 12.3 Å². The number of hydrogen-bond acceptors (Lipinski definition) is 2. The van der Waals surface area contributed by atoms with Gasteiger partial charge in [0.05, 0.1) is 5.76 Å². The van der Waals surface area contributed by atoms with E-state index in [-0.39, 0.29) is 17.5 Å². The Balaban J connectivity index is 2.78. The third-order valence-corrected chi connectivity index (χ3v) is 2.11. The Morgan fingerprint density at radius 2 is 2.00 bits per heavy atom. The normalized spacial score (nSPS) is 12.4. The molecule has 76 valence electrons. The first-order valence-electron chi connectivity index (χ1n) is 4.45. The van der Waals surface area contributed by atoms with Crippen molar-refractivity contribution in [2.24, 2.45) is 5.73 Å². The quantitative estimate of drug-likeness (QED) is 0.724. The van der Waals surface area contributed by atoms with Crippen molar-refractivity contribution in [1.82, 2.24) is 0 Å². The van der Waals surface area contributed by atoms with Crippen LogP contribution in [0.2, 0.25) is 0 Å². The fraction of sp³-hybridized carbons (Fsp3) is 0.273. The first kappa shape index (κ1) is 10.7. The zero-order valence-corrected chi connectivity index (χ0v) is 7.91. The molecule has 0 amide bonds. The molecular formula is C11H14FNO. The molecule has 1 unspecified atom stereocenters. The van der Waals surface area contributed by atoms with Crippen molar-refractivity contribution in [3.63, 3.8) is 0 Å². The lowest BCUT2D eigenvalue weighted by molar-refractivity contribution is 0.377. The highest BCUT2D eigenvalue weighted by Crippen LogP contribution is 2.21. The molecule has 1 aromatic rings. The van der Waals surface area contributed by atoms with Crippen LogP contribution in [-0.2, 0) is 0 Å². The molecule has 0 radical (unpaired) electrons. The van der Waals surface area contributed by atoms with Crippen molar-refractivity contribution in [1.29, 1.82) is 0 Å². The molecule has 14 heavy (non-hydrogen) atoms. The summed E-state index contributed by atoms with van der Waals surface area (Å²) in [6, 6.07) is 6.13. The fourth-order valence-electron chi connectivity index (χ4n) is 1.36. The summed E-state index contributed by atoms with van der Waals surface area (Å²) in [5.41, 5.74) is 6.47. The van der Waals surface area contributed by atoms with Crippen LogP contribution in [0.5, 0.6) is 0 Å². The van der Waals surface area contributed by atoms with Crippen LogP contribution in [0.25, 0.3) is 0 Å². The van der Waals surface area contributed by atoms with E-state index in [0.717, 1.165) is 5.56 Å². The third kappa shape index (κ3) is 2.85. The molecule has 0 aromatic heterocycles. The fourth-order valence-corrected chi connectivity index (χ4v) is 1.36. The van der Waals surface area contributed by atoms with Crippen LogP contribution in [0.4, 0.5) is 4.39 Å². The molecule has 3 N–H and O–H groups in total. The van der Waals surface area contributed by atoms with Gasteiger partial charge in [0.25, 0.3) is 0 Å². The van der Waals surface area contributed by atoms with E-state index in [1.54, 1.807) is 12.1 Å².